The number of nitrogens with zero attached hydrogens (tertiary/aromatic N) is 2. The van der Waals surface area contributed by atoms with E-state index in [1.807, 2.05) is 0 Å². The number of thioether (sulfide) groups is 1. The molecule has 0 bridgehead atoms. The normalized spacial score (nSPS) is 13.8. The minimum atomic E-state index is -0.833. The van der Waals surface area contributed by atoms with E-state index in [-0.39, 0.29) is 42.3 Å². The number of anilines is 1. The Labute approximate surface area is 220 Å². The quantitative estimate of drug-likeness (QED) is 0.214. The molecule has 190 valence electrons. The number of esters is 1. The monoisotopic (exact) mass is 551 g/mol. The number of carbonyl (C=O) groups is 4. The van der Waals surface area contributed by atoms with Gasteiger partial charge in [-0.05, 0) is 30.7 Å². The van der Waals surface area contributed by atoms with Crippen LogP contribution < -0.4 is 5.32 Å². The summed E-state index contributed by atoms with van der Waals surface area (Å²) in [4.78, 5) is 52.2. The van der Waals surface area contributed by atoms with E-state index in [9.17, 15) is 18.8 Å². The summed E-state index contributed by atoms with van der Waals surface area (Å²) >= 11 is 7.40. The van der Waals surface area contributed by atoms with Crippen molar-refractivity contribution in [3.8, 4) is 0 Å². The van der Waals surface area contributed by atoms with Gasteiger partial charge in [0, 0.05) is 19.9 Å². The van der Waals surface area contributed by atoms with Gasteiger partial charge in [0.25, 0.3) is 11.9 Å². The number of carboxylic acid groups (broad SMARTS) is 1. The molecule has 9 nitrogen and oxygen atoms in total. The summed E-state index contributed by atoms with van der Waals surface area (Å²) in [6, 6.07) is 5.74. The lowest BCUT2D eigenvalue weighted by Crippen LogP contribution is -2.31. The van der Waals surface area contributed by atoms with Crippen molar-refractivity contribution in [2.24, 2.45) is 0 Å². The number of thiazole rings is 1. The van der Waals surface area contributed by atoms with Crippen molar-refractivity contribution in [2.75, 3.05) is 18.5 Å². The molecule has 2 heterocycles. The van der Waals surface area contributed by atoms with Crippen molar-refractivity contribution in [3.63, 3.8) is 0 Å². The second kappa shape index (κ2) is 13.6. The second-order valence-corrected chi connectivity index (χ2v) is 9.70. The molecular weight excluding hydrogens is 529 g/mol. The van der Waals surface area contributed by atoms with E-state index in [0.29, 0.717) is 25.4 Å². The first-order valence-electron chi connectivity index (χ1n) is 10.3. The van der Waals surface area contributed by atoms with Crippen LogP contribution in [0.1, 0.15) is 34.3 Å². The summed E-state index contributed by atoms with van der Waals surface area (Å²) in [5.41, 5.74) is 1.12. The molecule has 0 saturated carbocycles. The number of nitrogens with one attached hydrogen (secondary N) is 1. The van der Waals surface area contributed by atoms with Gasteiger partial charge in [0.15, 0.2) is 5.13 Å². The lowest BCUT2D eigenvalue weighted by Gasteiger charge is -2.13. The summed E-state index contributed by atoms with van der Waals surface area (Å²) in [6.45, 7) is 6.38. The largest absolute Gasteiger partial charge is 0.481 e. The molecule has 0 radical (unpaired) electrons. The zero-order valence-corrected chi connectivity index (χ0v) is 21.7. The number of benzene rings is 1. The highest BCUT2D eigenvalue weighted by atomic mass is 32.2. The van der Waals surface area contributed by atoms with Gasteiger partial charge in [-0.2, -0.15) is 0 Å². The van der Waals surface area contributed by atoms with Crippen molar-refractivity contribution in [2.45, 2.75) is 20.3 Å². The van der Waals surface area contributed by atoms with E-state index in [1.165, 1.54) is 23.1 Å². The van der Waals surface area contributed by atoms with Crippen LogP contribution in [-0.2, 0) is 19.1 Å². The molecule has 0 aliphatic carbocycles. The van der Waals surface area contributed by atoms with E-state index < -0.39 is 11.9 Å². The van der Waals surface area contributed by atoms with Crippen LogP contribution in [0.15, 0.2) is 41.8 Å². The molecular formula is C23H22FN3O6S3. The number of aliphatic carboxylic acids is 1. The van der Waals surface area contributed by atoms with Crippen LogP contribution in [0.25, 0.3) is 6.08 Å². The van der Waals surface area contributed by atoms with Gasteiger partial charge < -0.3 is 15.2 Å². The Morgan fingerprint density at radius 3 is 2.56 bits per heavy atom. The van der Waals surface area contributed by atoms with Crippen LogP contribution in [-0.4, -0.2) is 56.2 Å². The Morgan fingerprint density at radius 2 is 1.94 bits per heavy atom. The van der Waals surface area contributed by atoms with Crippen LogP contribution >= 0.6 is 35.3 Å². The smallest absolute Gasteiger partial charge is 0.350 e. The van der Waals surface area contributed by atoms with Crippen molar-refractivity contribution in [3.05, 3.63) is 63.8 Å². The van der Waals surface area contributed by atoms with Crippen molar-refractivity contribution < 1.29 is 33.4 Å². The molecule has 2 N–H and O–H groups in total. The molecule has 1 fully saturated rings. The molecule has 3 rings (SSSR count). The number of aromatic nitrogens is 1. The van der Waals surface area contributed by atoms with Gasteiger partial charge in [-0.25, -0.2) is 14.2 Å². The molecule has 1 saturated heterocycles. The molecule has 1 aliphatic rings. The van der Waals surface area contributed by atoms with E-state index in [1.54, 1.807) is 25.1 Å². The van der Waals surface area contributed by atoms with Crippen molar-refractivity contribution in [1.29, 1.82) is 0 Å². The number of carbonyl (C=O) groups excluding carboxylic acids is 3. The third-order valence-electron chi connectivity index (χ3n) is 4.16. The highest BCUT2D eigenvalue weighted by Gasteiger charge is 2.32. The highest BCUT2D eigenvalue weighted by molar-refractivity contribution is 8.26. The van der Waals surface area contributed by atoms with Gasteiger partial charge in [-0.15, -0.1) is 0 Å². The van der Waals surface area contributed by atoms with E-state index in [0.717, 1.165) is 30.0 Å². The van der Waals surface area contributed by atoms with Gasteiger partial charge in [0.2, 0.25) is 5.91 Å². The second-order valence-electron chi connectivity index (χ2n) is 7.02. The first-order chi connectivity index (χ1) is 17.0. The van der Waals surface area contributed by atoms with E-state index in [2.05, 4.69) is 16.9 Å². The minimum Gasteiger partial charge on any atom is -0.481 e. The number of halogens is 1. The first kappa shape index (κ1) is 28.8. The summed E-state index contributed by atoms with van der Waals surface area (Å²) in [5, 5.41) is 10.3. The van der Waals surface area contributed by atoms with E-state index in [4.69, 9.17) is 26.9 Å². The summed E-state index contributed by atoms with van der Waals surface area (Å²) in [6.07, 6.45) is 3.08. The summed E-state index contributed by atoms with van der Waals surface area (Å²) < 4.78 is 18.4. The molecule has 36 heavy (non-hydrogen) atoms. The molecule has 2 amide bonds. The van der Waals surface area contributed by atoms with Crippen LogP contribution in [0.5, 0.6) is 0 Å². The third kappa shape index (κ3) is 8.66. The van der Waals surface area contributed by atoms with Crippen LogP contribution in [0.2, 0.25) is 0 Å². The third-order valence-corrected chi connectivity index (χ3v) is 6.60. The Hall–Kier alpha value is -3.42. The first-order valence-corrected chi connectivity index (χ1v) is 12.3. The highest BCUT2D eigenvalue weighted by Crippen LogP contribution is 2.32. The maximum absolute atomic E-state index is 13.1. The predicted octanol–water partition coefficient (Wildman–Crippen LogP) is 4.25. The zero-order chi connectivity index (χ0) is 26.8. The fourth-order valence-corrected chi connectivity index (χ4v) is 4.82. The maximum atomic E-state index is 13.1. The minimum absolute atomic E-state index is 0.00879. The number of rotatable bonds is 8. The number of amides is 2. The summed E-state index contributed by atoms with van der Waals surface area (Å²) in [7, 11) is 0. The Morgan fingerprint density at radius 1 is 1.31 bits per heavy atom. The molecule has 1 aliphatic heterocycles. The van der Waals surface area contributed by atoms with Gasteiger partial charge >= 0.3 is 5.97 Å². The lowest BCUT2D eigenvalue weighted by molar-refractivity contribution is -0.134. The molecule has 1 aromatic heterocycles. The lowest BCUT2D eigenvalue weighted by atomic mass is 10.2. The number of hydrogen-bond donors (Lipinski definition) is 2. The molecule has 0 spiro atoms. The standard InChI is InChI=1S/C21H18FN3O4S3.C2H4O2/c1-3-10-29-19(28)17-12(2)23-20(32-17)24-16(26)8-9-25-18(27)15(31-21(25)30)11-13-4-6-14(22)7-5-13;1-2(3)4/h3-7,11H,1,8-10H2,2H3,(H,23,24,26);1H3,(H,3,4)/b15-11-;. The average molecular weight is 552 g/mol. The fourth-order valence-electron chi connectivity index (χ4n) is 2.64. The predicted molar refractivity (Wildman–Crippen MR) is 140 cm³/mol. The zero-order valence-electron chi connectivity index (χ0n) is 19.3. The Kier molecular flexibility index (Phi) is 10.9. The number of carboxylic acids is 1. The van der Waals surface area contributed by atoms with Crippen LogP contribution in [0.4, 0.5) is 9.52 Å². The van der Waals surface area contributed by atoms with E-state index >= 15 is 0 Å². The number of hydrogen-bond acceptors (Lipinski definition) is 9. The van der Waals surface area contributed by atoms with Gasteiger partial charge in [0.1, 0.15) is 21.6 Å². The molecule has 0 atom stereocenters. The van der Waals surface area contributed by atoms with Crippen LogP contribution in [0, 0.1) is 12.7 Å². The number of thiocarbonyl (C=S) groups is 1. The molecule has 1 aromatic carbocycles. The Bertz CT molecular complexity index is 1210. The fraction of sp³-hybridized carbons (Fsp3) is 0.217. The Balaban J connectivity index is 0.00000106. The average Bonchev–Trinajstić information content (AvgIpc) is 3.30. The topological polar surface area (TPSA) is 126 Å². The van der Waals surface area contributed by atoms with Gasteiger partial charge in [0.05, 0.1) is 10.6 Å². The van der Waals surface area contributed by atoms with Crippen LogP contribution in [0.3, 0.4) is 0 Å². The SMILES string of the molecule is C=CCOC(=O)c1sc(NC(=O)CCN2C(=O)/C(=C/c3ccc(F)cc3)SC2=S)nc1C.CC(=O)O. The molecule has 13 heteroatoms. The number of aryl methyl sites for hydroxylation is 1. The van der Waals surface area contributed by atoms with Crippen molar-refractivity contribution >= 4 is 74.6 Å². The number of ether oxygens (including phenoxy) is 1. The van der Waals surface area contributed by atoms with Gasteiger partial charge in [-0.3, -0.25) is 19.3 Å². The molecule has 0 unspecified atom stereocenters. The van der Waals surface area contributed by atoms with Gasteiger partial charge in [-0.1, -0.05) is 60.1 Å². The molecule has 2 aromatic rings. The maximum Gasteiger partial charge on any atom is 0.350 e. The van der Waals surface area contributed by atoms with Crippen molar-refractivity contribution in [1.82, 2.24) is 9.88 Å². The summed E-state index contributed by atoms with van der Waals surface area (Å²) in [5.74, 6) is -2.42.